The van der Waals surface area contributed by atoms with Gasteiger partial charge in [-0.3, -0.25) is 4.79 Å². The Balaban J connectivity index is 1.45. The Morgan fingerprint density at radius 1 is 1.04 bits per heavy atom. The van der Waals surface area contributed by atoms with Crippen LogP contribution in [0.3, 0.4) is 0 Å². The van der Waals surface area contributed by atoms with Gasteiger partial charge in [0.15, 0.2) is 23.2 Å². The van der Waals surface area contributed by atoms with Crippen molar-refractivity contribution in [2.24, 2.45) is 5.10 Å². The Hall–Kier alpha value is -5.23. The second kappa shape index (κ2) is 16.9. The molecule has 0 fully saturated rings. The second-order valence-corrected chi connectivity index (χ2v) is 10.7. The van der Waals surface area contributed by atoms with Gasteiger partial charge in [0.2, 0.25) is 0 Å². The highest BCUT2D eigenvalue weighted by Crippen LogP contribution is 2.35. The molecular weight excluding hydrogens is 623 g/mol. The second-order valence-electron chi connectivity index (χ2n) is 10.3. The molecule has 0 aromatic heterocycles. The third-order valence-corrected chi connectivity index (χ3v) is 7.07. The molecule has 1 atom stereocenters. The van der Waals surface area contributed by atoms with Gasteiger partial charge in [-0.1, -0.05) is 36.4 Å². The summed E-state index contributed by atoms with van der Waals surface area (Å²) in [4.78, 5) is 25.5. The SMILES string of the molecule is C=CCc1cc(C=NNC(=O)COc2ccccc2[C@H]2NC(=S)NC(C)=C2C(=O)OCC)cc(OCC)c1OCc1cccc(F)c1. The molecule has 0 spiro atoms. The summed E-state index contributed by atoms with van der Waals surface area (Å²) in [5.41, 5.74) is 6.12. The molecule has 1 heterocycles. The summed E-state index contributed by atoms with van der Waals surface area (Å²) in [5.74, 6) is 0.0397. The van der Waals surface area contributed by atoms with Crippen molar-refractivity contribution in [1.82, 2.24) is 16.1 Å². The highest BCUT2D eigenvalue weighted by molar-refractivity contribution is 7.80. The highest BCUT2D eigenvalue weighted by Gasteiger charge is 2.32. The first-order valence-corrected chi connectivity index (χ1v) is 15.4. The number of para-hydroxylation sites is 1. The van der Waals surface area contributed by atoms with Gasteiger partial charge in [0, 0.05) is 16.8 Å². The van der Waals surface area contributed by atoms with Crippen LogP contribution in [0.25, 0.3) is 0 Å². The van der Waals surface area contributed by atoms with E-state index in [0.717, 1.165) is 5.56 Å². The molecule has 0 bridgehead atoms. The van der Waals surface area contributed by atoms with Crippen molar-refractivity contribution >= 4 is 35.4 Å². The number of hydrogen-bond donors (Lipinski definition) is 3. The molecule has 3 aromatic rings. The van der Waals surface area contributed by atoms with Crippen LogP contribution >= 0.6 is 12.2 Å². The molecule has 0 radical (unpaired) electrons. The maximum atomic E-state index is 13.7. The summed E-state index contributed by atoms with van der Waals surface area (Å²) >= 11 is 5.33. The Bertz CT molecular complexity index is 1690. The third-order valence-electron chi connectivity index (χ3n) is 6.85. The fourth-order valence-corrected chi connectivity index (χ4v) is 5.16. The lowest BCUT2D eigenvalue weighted by atomic mass is 9.95. The molecule has 3 N–H and O–H groups in total. The number of allylic oxidation sites excluding steroid dienone is 2. The Morgan fingerprint density at radius 2 is 1.85 bits per heavy atom. The first-order valence-electron chi connectivity index (χ1n) is 15.0. The fourth-order valence-electron chi connectivity index (χ4n) is 4.89. The van der Waals surface area contributed by atoms with E-state index in [2.05, 4.69) is 27.7 Å². The molecule has 0 unspecified atom stereocenters. The van der Waals surface area contributed by atoms with E-state index in [1.807, 2.05) is 13.0 Å². The molecule has 10 nitrogen and oxygen atoms in total. The van der Waals surface area contributed by atoms with Crippen LogP contribution in [-0.2, 0) is 27.4 Å². The van der Waals surface area contributed by atoms with Crippen LogP contribution in [0.5, 0.6) is 17.2 Å². The summed E-state index contributed by atoms with van der Waals surface area (Å²) in [6, 6.07) is 16.2. The summed E-state index contributed by atoms with van der Waals surface area (Å²) in [6.07, 6.45) is 3.69. The van der Waals surface area contributed by atoms with Crippen molar-refractivity contribution in [3.8, 4) is 17.2 Å². The van der Waals surface area contributed by atoms with Crippen molar-refractivity contribution in [3.05, 3.63) is 113 Å². The molecule has 0 saturated carbocycles. The van der Waals surface area contributed by atoms with Gasteiger partial charge in [0.25, 0.3) is 5.91 Å². The number of ether oxygens (including phenoxy) is 4. The molecule has 0 aliphatic carbocycles. The predicted molar refractivity (Wildman–Crippen MR) is 181 cm³/mol. The zero-order valence-electron chi connectivity index (χ0n) is 26.4. The minimum atomic E-state index is -0.648. The molecule has 1 amide bonds. The van der Waals surface area contributed by atoms with E-state index < -0.39 is 17.9 Å². The number of carbonyl (C=O) groups is 2. The van der Waals surface area contributed by atoms with Gasteiger partial charge in [-0.25, -0.2) is 14.6 Å². The van der Waals surface area contributed by atoms with Gasteiger partial charge in [-0.2, -0.15) is 5.10 Å². The minimum absolute atomic E-state index is 0.148. The molecule has 1 aliphatic rings. The molecular formula is C35H37FN4O6S. The number of amides is 1. The predicted octanol–water partition coefficient (Wildman–Crippen LogP) is 5.42. The lowest BCUT2D eigenvalue weighted by molar-refractivity contribution is -0.139. The van der Waals surface area contributed by atoms with E-state index in [1.54, 1.807) is 62.4 Å². The number of esters is 1. The number of halogens is 1. The molecule has 0 saturated heterocycles. The van der Waals surface area contributed by atoms with Gasteiger partial charge in [0.1, 0.15) is 18.2 Å². The van der Waals surface area contributed by atoms with Gasteiger partial charge in [-0.15, -0.1) is 6.58 Å². The number of benzene rings is 3. The number of thiocarbonyl (C=S) groups is 1. The Morgan fingerprint density at radius 3 is 2.60 bits per heavy atom. The number of carbonyl (C=O) groups excluding carboxylic acids is 2. The van der Waals surface area contributed by atoms with E-state index in [-0.39, 0.29) is 25.6 Å². The molecule has 1 aliphatic heterocycles. The van der Waals surface area contributed by atoms with Crippen LogP contribution in [0, 0.1) is 5.82 Å². The topological polar surface area (TPSA) is 120 Å². The Kier molecular flexibility index (Phi) is 12.5. The van der Waals surface area contributed by atoms with Crippen LogP contribution < -0.4 is 30.3 Å². The van der Waals surface area contributed by atoms with Gasteiger partial charge in [0.05, 0.1) is 31.0 Å². The maximum absolute atomic E-state index is 13.7. The van der Waals surface area contributed by atoms with Crippen LogP contribution in [0.4, 0.5) is 4.39 Å². The molecule has 47 heavy (non-hydrogen) atoms. The summed E-state index contributed by atoms with van der Waals surface area (Å²) in [7, 11) is 0. The van der Waals surface area contributed by atoms with Crippen molar-refractivity contribution in [2.75, 3.05) is 19.8 Å². The van der Waals surface area contributed by atoms with Gasteiger partial charge in [-0.05, 0) is 80.9 Å². The maximum Gasteiger partial charge on any atom is 0.338 e. The van der Waals surface area contributed by atoms with E-state index in [1.165, 1.54) is 18.3 Å². The minimum Gasteiger partial charge on any atom is -0.490 e. The number of rotatable bonds is 15. The normalized spacial score (nSPS) is 14.2. The third kappa shape index (κ3) is 9.39. The largest absolute Gasteiger partial charge is 0.490 e. The van der Waals surface area contributed by atoms with E-state index in [0.29, 0.717) is 63.3 Å². The first kappa shape index (κ1) is 34.6. The highest BCUT2D eigenvalue weighted by atomic mass is 32.1. The molecule has 12 heteroatoms. The summed E-state index contributed by atoms with van der Waals surface area (Å²) < 4.78 is 36.7. The molecule has 4 rings (SSSR count). The van der Waals surface area contributed by atoms with E-state index in [4.69, 9.17) is 31.2 Å². The lowest BCUT2D eigenvalue weighted by Crippen LogP contribution is -2.45. The van der Waals surface area contributed by atoms with Crippen molar-refractivity contribution in [3.63, 3.8) is 0 Å². The lowest BCUT2D eigenvalue weighted by Gasteiger charge is -2.30. The Labute approximate surface area is 278 Å². The average Bonchev–Trinajstić information content (AvgIpc) is 3.03. The smallest absolute Gasteiger partial charge is 0.338 e. The van der Waals surface area contributed by atoms with Crippen molar-refractivity contribution in [2.45, 2.75) is 39.8 Å². The quantitative estimate of drug-likeness (QED) is 0.0646. The zero-order valence-corrected chi connectivity index (χ0v) is 27.2. The average molecular weight is 661 g/mol. The molecule has 246 valence electrons. The van der Waals surface area contributed by atoms with E-state index in [9.17, 15) is 14.0 Å². The van der Waals surface area contributed by atoms with Gasteiger partial charge >= 0.3 is 5.97 Å². The standard InChI is InChI=1S/C35H37FN4O6S/c1-5-11-25-16-24(18-29(43-6-2)33(25)46-20-23-12-10-13-26(36)17-23)19-37-40-30(41)21-45-28-15-9-8-14-27(28)32-31(34(42)44-7-3)22(4)38-35(47)39-32/h5,8-10,12-19,32H,1,6-7,11,20-21H2,2-4H3,(H,40,41)(H2,38,39,47)/t32-/m1/s1. The van der Waals surface area contributed by atoms with Gasteiger partial charge < -0.3 is 29.6 Å². The monoisotopic (exact) mass is 660 g/mol. The fraction of sp³-hybridized carbons (Fsp3) is 0.257. The first-order chi connectivity index (χ1) is 22.7. The van der Waals surface area contributed by atoms with Crippen molar-refractivity contribution < 1.29 is 32.9 Å². The summed E-state index contributed by atoms with van der Waals surface area (Å²) in [5, 5.41) is 10.5. The zero-order chi connectivity index (χ0) is 33.8. The molecule has 3 aromatic carbocycles. The van der Waals surface area contributed by atoms with Crippen LogP contribution in [0.15, 0.2) is 89.7 Å². The van der Waals surface area contributed by atoms with E-state index >= 15 is 0 Å². The van der Waals surface area contributed by atoms with Crippen molar-refractivity contribution in [1.29, 1.82) is 0 Å². The number of nitrogens with zero attached hydrogens (tertiary/aromatic N) is 1. The number of hydrazone groups is 1. The summed E-state index contributed by atoms with van der Waals surface area (Å²) in [6.45, 7) is 9.56. The van der Waals surface area contributed by atoms with Crippen LogP contribution in [-0.4, -0.2) is 43.0 Å². The van der Waals surface area contributed by atoms with Crippen LogP contribution in [0.2, 0.25) is 0 Å². The number of nitrogens with one attached hydrogen (secondary N) is 3. The number of hydrogen-bond acceptors (Lipinski definition) is 8. The van der Waals surface area contributed by atoms with Crippen LogP contribution in [0.1, 0.15) is 49.1 Å².